The lowest BCUT2D eigenvalue weighted by atomic mass is 10.1. The molecule has 6 nitrogen and oxygen atoms in total. The van der Waals surface area contributed by atoms with Gasteiger partial charge in [-0.2, -0.15) is 18.3 Å². The first kappa shape index (κ1) is 21.8. The van der Waals surface area contributed by atoms with Gasteiger partial charge in [-0.05, 0) is 42.6 Å². The summed E-state index contributed by atoms with van der Waals surface area (Å²) in [5.41, 5.74) is 0.452. The Kier molecular flexibility index (Phi) is 5.64. The van der Waals surface area contributed by atoms with Crippen LogP contribution in [0.15, 0.2) is 48.0 Å². The van der Waals surface area contributed by atoms with E-state index in [4.69, 9.17) is 0 Å². The Morgan fingerprint density at radius 3 is 2.66 bits per heavy atom. The zero-order valence-corrected chi connectivity index (χ0v) is 18.4. The first-order valence-electron chi connectivity index (χ1n) is 9.69. The molecule has 1 aromatic carbocycles. The molecule has 3 heterocycles. The summed E-state index contributed by atoms with van der Waals surface area (Å²) in [6.45, 7) is 2.22. The third kappa shape index (κ3) is 4.31. The number of fused-ring (bicyclic) bond motifs is 1. The molecule has 10 heteroatoms. The number of amides is 1. The van der Waals surface area contributed by atoms with E-state index in [9.17, 15) is 18.0 Å². The largest absolute Gasteiger partial charge is 0.418 e. The minimum absolute atomic E-state index is 0.217. The number of aryl methyl sites for hydroxylation is 1. The van der Waals surface area contributed by atoms with Crippen molar-refractivity contribution in [1.29, 1.82) is 0 Å². The van der Waals surface area contributed by atoms with Crippen LogP contribution in [0.1, 0.15) is 26.5 Å². The second kappa shape index (κ2) is 8.27. The summed E-state index contributed by atoms with van der Waals surface area (Å²) in [5, 5.41) is 9.21. The number of halogens is 3. The minimum Gasteiger partial charge on any atom is -0.378 e. The molecule has 3 aromatic heterocycles. The third-order valence-corrected chi connectivity index (χ3v) is 5.80. The molecule has 4 aromatic rings. The summed E-state index contributed by atoms with van der Waals surface area (Å²) in [6, 6.07) is 9.26. The SMILES string of the molecule is Cc1cc(C(=O)Nc2ccc(N(C)C)cc2C(F)(F)F)c2cnn(Cc3cccs3)c2n1. The van der Waals surface area contributed by atoms with Gasteiger partial charge in [-0.15, -0.1) is 11.3 Å². The van der Waals surface area contributed by atoms with Gasteiger partial charge in [0.2, 0.25) is 0 Å². The Balaban J connectivity index is 1.71. The molecule has 166 valence electrons. The van der Waals surface area contributed by atoms with Gasteiger partial charge in [0.05, 0.1) is 34.9 Å². The average Bonchev–Trinajstić information content (AvgIpc) is 3.37. The van der Waals surface area contributed by atoms with Crippen LogP contribution in [-0.2, 0) is 12.7 Å². The topological polar surface area (TPSA) is 63.1 Å². The fourth-order valence-corrected chi connectivity index (χ4v) is 4.06. The molecule has 0 atom stereocenters. The molecule has 0 saturated heterocycles. The maximum absolute atomic E-state index is 13.7. The lowest BCUT2D eigenvalue weighted by molar-refractivity contribution is -0.136. The van der Waals surface area contributed by atoms with Gasteiger partial charge in [0.15, 0.2) is 5.65 Å². The van der Waals surface area contributed by atoms with Gasteiger partial charge in [0, 0.05) is 30.4 Å². The molecule has 0 spiro atoms. The highest BCUT2D eigenvalue weighted by Crippen LogP contribution is 2.37. The van der Waals surface area contributed by atoms with E-state index >= 15 is 0 Å². The van der Waals surface area contributed by atoms with Crippen molar-refractivity contribution in [3.8, 4) is 0 Å². The van der Waals surface area contributed by atoms with Crippen molar-refractivity contribution in [3.05, 3.63) is 69.7 Å². The molecular weight excluding hydrogens is 439 g/mol. The molecule has 1 amide bonds. The summed E-state index contributed by atoms with van der Waals surface area (Å²) in [5.74, 6) is -0.653. The van der Waals surface area contributed by atoms with Gasteiger partial charge < -0.3 is 10.2 Å². The van der Waals surface area contributed by atoms with E-state index in [1.807, 2.05) is 17.5 Å². The molecule has 32 heavy (non-hydrogen) atoms. The van der Waals surface area contributed by atoms with Crippen LogP contribution in [0.2, 0.25) is 0 Å². The number of nitrogens with one attached hydrogen (secondary N) is 1. The number of anilines is 2. The molecule has 0 aliphatic carbocycles. The van der Waals surface area contributed by atoms with E-state index in [-0.39, 0.29) is 11.3 Å². The first-order valence-corrected chi connectivity index (χ1v) is 10.6. The smallest absolute Gasteiger partial charge is 0.378 e. The first-order chi connectivity index (χ1) is 15.1. The monoisotopic (exact) mass is 459 g/mol. The van der Waals surface area contributed by atoms with E-state index < -0.39 is 17.6 Å². The number of carbonyl (C=O) groups excluding carboxylic acids is 1. The Bertz CT molecular complexity index is 1280. The number of carbonyl (C=O) groups is 1. The predicted molar refractivity (Wildman–Crippen MR) is 119 cm³/mol. The van der Waals surface area contributed by atoms with Gasteiger partial charge in [0.25, 0.3) is 5.91 Å². The molecule has 0 fully saturated rings. The van der Waals surface area contributed by atoms with E-state index in [0.717, 1.165) is 10.9 Å². The maximum Gasteiger partial charge on any atom is 0.418 e. The second-order valence-corrected chi connectivity index (χ2v) is 8.54. The fraction of sp³-hybridized carbons (Fsp3) is 0.227. The van der Waals surface area contributed by atoms with Crippen LogP contribution in [-0.4, -0.2) is 34.8 Å². The van der Waals surface area contributed by atoms with Crippen LogP contribution in [0.4, 0.5) is 24.5 Å². The van der Waals surface area contributed by atoms with Crippen LogP contribution >= 0.6 is 11.3 Å². The summed E-state index contributed by atoms with van der Waals surface area (Å²) in [6.07, 6.45) is -3.10. The number of benzene rings is 1. The van der Waals surface area contributed by atoms with Crippen molar-refractivity contribution >= 4 is 39.7 Å². The normalized spacial score (nSPS) is 11.7. The zero-order valence-electron chi connectivity index (χ0n) is 17.6. The molecule has 4 rings (SSSR count). The van der Waals surface area contributed by atoms with Gasteiger partial charge in [-0.25, -0.2) is 9.67 Å². The van der Waals surface area contributed by atoms with E-state index in [2.05, 4.69) is 15.4 Å². The molecule has 0 unspecified atom stereocenters. The Hall–Kier alpha value is -3.40. The summed E-state index contributed by atoms with van der Waals surface area (Å²) >= 11 is 1.58. The number of hydrogen-bond acceptors (Lipinski definition) is 5. The molecule has 0 aliphatic heterocycles. The Morgan fingerprint density at radius 1 is 1.22 bits per heavy atom. The van der Waals surface area contributed by atoms with E-state index in [1.165, 1.54) is 18.3 Å². The van der Waals surface area contributed by atoms with Crippen LogP contribution in [0, 0.1) is 6.92 Å². The Morgan fingerprint density at radius 2 is 2.00 bits per heavy atom. The molecule has 0 aliphatic rings. The van der Waals surface area contributed by atoms with Crippen molar-refractivity contribution in [2.45, 2.75) is 19.6 Å². The van der Waals surface area contributed by atoms with Crippen molar-refractivity contribution < 1.29 is 18.0 Å². The molecule has 0 bridgehead atoms. The number of thiophene rings is 1. The van der Waals surface area contributed by atoms with Crippen LogP contribution in [0.25, 0.3) is 11.0 Å². The third-order valence-electron chi connectivity index (χ3n) is 4.94. The van der Waals surface area contributed by atoms with Gasteiger partial charge in [-0.3, -0.25) is 4.79 Å². The lowest BCUT2D eigenvalue weighted by Crippen LogP contribution is -2.18. The Labute approximate surface area is 186 Å². The standard InChI is InChI=1S/C22H20F3N5OS/c1-13-9-16(17-11-26-30(20(17)27-13)12-15-5-4-8-32-15)21(31)28-19-7-6-14(29(2)3)10-18(19)22(23,24)25/h4-11H,12H2,1-3H3,(H,28,31). The van der Waals surface area contributed by atoms with Crippen molar-refractivity contribution in [2.75, 3.05) is 24.3 Å². The maximum atomic E-state index is 13.7. The highest BCUT2D eigenvalue weighted by Gasteiger charge is 2.34. The quantitative estimate of drug-likeness (QED) is 0.446. The number of aromatic nitrogens is 3. The van der Waals surface area contributed by atoms with E-state index in [0.29, 0.717) is 29.0 Å². The summed E-state index contributed by atoms with van der Waals surface area (Å²) in [4.78, 5) is 20.2. The zero-order chi connectivity index (χ0) is 23.0. The summed E-state index contributed by atoms with van der Waals surface area (Å²) < 4.78 is 42.6. The van der Waals surface area contributed by atoms with Gasteiger partial charge in [-0.1, -0.05) is 6.07 Å². The van der Waals surface area contributed by atoms with Crippen molar-refractivity contribution in [1.82, 2.24) is 14.8 Å². The summed E-state index contributed by atoms with van der Waals surface area (Å²) in [7, 11) is 3.30. The number of nitrogens with zero attached hydrogens (tertiary/aromatic N) is 4. The highest BCUT2D eigenvalue weighted by atomic mass is 32.1. The number of alkyl halides is 3. The van der Waals surface area contributed by atoms with Crippen LogP contribution in [0.3, 0.4) is 0 Å². The van der Waals surface area contributed by atoms with Gasteiger partial charge >= 0.3 is 6.18 Å². The van der Waals surface area contributed by atoms with Crippen LogP contribution in [0.5, 0.6) is 0 Å². The molecule has 0 radical (unpaired) electrons. The van der Waals surface area contributed by atoms with Crippen LogP contribution < -0.4 is 10.2 Å². The number of pyridine rings is 1. The van der Waals surface area contributed by atoms with Crippen molar-refractivity contribution in [3.63, 3.8) is 0 Å². The lowest BCUT2D eigenvalue weighted by Gasteiger charge is -2.19. The fourth-order valence-electron chi connectivity index (χ4n) is 3.37. The molecular formula is C22H20F3N5OS. The highest BCUT2D eigenvalue weighted by molar-refractivity contribution is 7.09. The predicted octanol–water partition coefficient (Wildman–Crippen LogP) is 5.19. The molecule has 1 N–H and O–H groups in total. The average molecular weight is 459 g/mol. The number of hydrogen-bond donors (Lipinski definition) is 1. The molecule has 0 saturated carbocycles. The minimum atomic E-state index is -4.62. The van der Waals surface area contributed by atoms with Gasteiger partial charge in [0.1, 0.15) is 0 Å². The van der Waals surface area contributed by atoms with Crippen molar-refractivity contribution in [2.24, 2.45) is 0 Å². The van der Waals surface area contributed by atoms with E-state index in [1.54, 1.807) is 48.0 Å². The second-order valence-electron chi connectivity index (χ2n) is 7.51. The number of rotatable bonds is 5.